The molecule has 1 atom stereocenters. The molecule has 1 unspecified atom stereocenters. The van der Waals surface area contributed by atoms with Gasteiger partial charge < -0.3 is 5.32 Å². The minimum Gasteiger partial charge on any atom is -0.311 e. The van der Waals surface area contributed by atoms with Crippen molar-refractivity contribution in [2.75, 3.05) is 20.1 Å². The summed E-state index contributed by atoms with van der Waals surface area (Å²) in [5.41, 5.74) is 4.64. The lowest BCUT2D eigenvalue weighted by Crippen LogP contribution is -2.54. The lowest BCUT2D eigenvalue weighted by molar-refractivity contribution is 0.0653. The van der Waals surface area contributed by atoms with Gasteiger partial charge in [0.05, 0.1) is 6.04 Å². The van der Waals surface area contributed by atoms with E-state index in [1.807, 2.05) is 0 Å². The summed E-state index contributed by atoms with van der Waals surface area (Å²) in [6, 6.07) is 7.20. The SMILES string of the molecule is CCN(CC)C1(C(NC)c2cccc(C)c2C)CCCC1. The quantitative estimate of drug-likeness (QED) is 0.843. The maximum atomic E-state index is 3.68. The first-order chi connectivity index (χ1) is 10.1. The Hall–Kier alpha value is -0.860. The van der Waals surface area contributed by atoms with Crippen LogP contribution in [0.5, 0.6) is 0 Å². The van der Waals surface area contributed by atoms with Crippen LogP contribution in [0.25, 0.3) is 0 Å². The number of benzene rings is 1. The molecule has 1 fully saturated rings. The molecule has 1 aliphatic carbocycles. The van der Waals surface area contributed by atoms with Crippen molar-refractivity contribution >= 4 is 0 Å². The Morgan fingerprint density at radius 3 is 2.29 bits per heavy atom. The Morgan fingerprint density at radius 1 is 1.14 bits per heavy atom. The summed E-state index contributed by atoms with van der Waals surface area (Å²) in [5.74, 6) is 0. The molecule has 2 nitrogen and oxygen atoms in total. The first kappa shape index (κ1) is 16.5. The normalized spacial score (nSPS) is 19.1. The summed E-state index contributed by atoms with van der Waals surface area (Å²) < 4.78 is 0. The first-order valence-corrected chi connectivity index (χ1v) is 8.59. The van der Waals surface area contributed by atoms with Crippen molar-refractivity contribution in [3.63, 3.8) is 0 Å². The highest BCUT2D eigenvalue weighted by atomic mass is 15.2. The third-order valence-corrected chi connectivity index (χ3v) is 5.65. The molecule has 0 spiro atoms. The molecule has 2 heteroatoms. The molecule has 1 aliphatic rings. The van der Waals surface area contributed by atoms with Crippen LogP contribution in [0.15, 0.2) is 18.2 Å². The van der Waals surface area contributed by atoms with Crippen LogP contribution in [-0.4, -0.2) is 30.6 Å². The van der Waals surface area contributed by atoms with Crippen LogP contribution in [0.3, 0.4) is 0 Å². The first-order valence-electron chi connectivity index (χ1n) is 8.59. The van der Waals surface area contributed by atoms with Crippen LogP contribution in [0, 0.1) is 13.8 Å². The average Bonchev–Trinajstić information content (AvgIpc) is 2.96. The zero-order chi connectivity index (χ0) is 15.5. The Bertz CT molecular complexity index is 457. The molecular formula is C19H32N2. The van der Waals surface area contributed by atoms with Crippen molar-refractivity contribution in [1.82, 2.24) is 10.2 Å². The Kier molecular flexibility index (Phi) is 5.45. The molecule has 118 valence electrons. The molecule has 0 saturated heterocycles. The highest BCUT2D eigenvalue weighted by molar-refractivity contribution is 5.37. The fraction of sp³-hybridized carbons (Fsp3) is 0.684. The van der Waals surface area contributed by atoms with E-state index in [-0.39, 0.29) is 5.54 Å². The van der Waals surface area contributed by atoms with E-state index in [9.17, 15) is 0 Å². The van der Waals surface area contributed by atoms with Gasteiger partial charge in [0, 0.05) is 5.54 Å². The van der Waals surface area contributed by atoms with Gasteiger partial charge in [-0.1, -0.05) is 44.9 Å². The summed E-state index contributed by atoms with van der Waals surface area (Å²) in [6.07, 6.45) is 5.35. The molecule has 0 aromatic heterocycles. The second-order valence-corrected chi connectivity index (χ2v) is 6.49. The predicted octanol–water partition coefficient (Wildman–Crippen LogP) is 4.22. The standard InChI is InChI=1S/C19H32N2/c1-6-21(7-2)19(13-8-9-14-19)18(20-5)17-12-10-11-15(3)16(17)4/h10-12,18,20H,6-9,13-14H2,1-5H3. The Morgan fingerprint density at radius 2 is 1.76 bits per heavy atom. The number of hydrogen-bond acceptors (Lipinski definition) is 2. The van der Waals surface area contributed by atoms with Gasteiger partial charge in [-0.3, -0.25) is 4.90 Å². The molecule has 21 heavy (non-hydrogen) atoms. The zero-order valence-electron chi connectivity index (χ0n) is 14.5. The van der Waals surface area contributed by atoms with Gasteiger partial charge in [0.1, 0.15) is 0 Å². The summed E-state index contributed by atoms with van der Waals surface area (Å²) in [4.78, 5) is 2.70. The number of hydrogen-bond donors (Lipinski definition) is 1. The predicted molar refractivity (Wildman–Crippen MR) is 91.8 cm³/mol. The van der Waals surface area contributed by atoms with Crippen molar-refractivity contribution in [3.8, 4) is 0 Å². The van der Waals surface area contributed by atoms with Gasteiger partial charge in [-0.2, -0.15) is 0 Å². The van der Waals surface area contributed by atoms with Gasteiger partial charge in [0.2, 0.25) is 0 Å². The lowest BCUT2D eigenvalue weighted by atomic mass is 9.79. The van der Waals surface area contributed by atoms with E-state index in [0.717, 1.165) is 13.1 Å². The van der Waals surface area contributed by atoms with Gasteiger partial charge in [-0.15, -0.1) is 0 Å². The third-order valence-electron chi connectivity index (χ3n) is 5.65. The molecule has 1 N–H and O–H groups in total. The van der Waals surface area contributed by atoms with Gasteiger partial charge in [0.25, 0.3) is 0 Å². The molecule has 0 aliphatic heterocycles. The second-order valence-electron chi connectivity index (χ2n) is 6.49. The van der Waals surface area contributed by atoms with Crippen molar-refractivity contribution in [2.45, 2.75) is 65.0 Å². The maximum Gasteiger partial charge on any atom is 0.0507 e. The van der Waals surface area contributed by atoms with Crippen LogP contribution in [-0.2, 0) is 0 Å². The largest absolute Gasteiger partial charge is 0.311 e. The summed E-state index contributed by atoms with van der Waals surface area (Å²) >= 11 is 0. The molecule has 1 saturated carbocycles. The van der Waals surface area contributed by atoms with Gasteiger partial charge in [0.15, 0.2) is 0 Å². The van der Waals surface area contributed by atoms with Gasteiger partial charge >= 0.3 is 0 Å². The number of likely N-dealkylation sites (N-methyl/N-ethyl adjacent to an activating group) is 2. The number of nitrogens with zero attached hydrogens (tertiary/aromatic N) is 1. The summed E-state index contributed by atoms with van der Waals surface area (Å²) in [6.45, 7) is 11.4. The van der Waals surface area contributed by atoms with Crippen molar-refractivity contribution < 1.29 is 0 Å². The van der Waals surface area contributed by atoms with Crippen LogP contribution in [0.4, 0.5) is 0 Å². The van der Waals surface area contributed by atoms with Crippen LogP contribution >= 0.6 is 0 Å². The third kappa shape index (κ3) is 2.89. The van der Waals surface area contributed by atoms with Gasteiger partial charge in [-0.05, 0) is 63.5 Å². The zero-order valence-corrected chi connectivity index (χ0v) is 14.5. The molecular weight excluding hydrogens is 256 g/mol. The fourth-order valence-electron chi connectivity index (χ4n) is 4.43. The topological polar surface area (TPSA) is 15.3 Å². The molecule has 0 amide bonds. The minimum atomic E-state index is 0.288. The number of rotatable bonds is 6. The van der Waals surface area contributed by atoms with Gasteiger partial charge in [-0.25, -0.2) is 0 Å². The summed E-state index contributed by atoms with van der Waals surface area (Å²) in [7, 11) is 2.13. The van der Waals surface area contributed by atoms with E-state index in [2.05, 4.69) is 63.2 Å². The molecule has 1 aromatic rings. The van der Waals surface area contributed by atoms with Crippen molar-refractivity contribution in [2.24, 2.45) is 0 Å². The second kappa shape index (κ2) is 6.93. The minimum absolute atomic E-state index is 0.288. The van der Waals surface area contributed by atoms with E-state index in [4.69, 9.17) is 0 Å². The van der Waals surface area contributed by atoms with Crippen molar-refractivity contribution in [1.29, 1.82) is 0 Å². The fourth-order valence-corrected chi connectivity index (χ4v) is 4.43. The molecule has 1 aromatic carbocycles. The average molecular weight is 288 g/mol. The molecule has 0 heterocycles. The highest BCUT2D eigenvalue weighted by Crippen LogP contribution is 2.45. The van der Waals surface area contributed by atoms with E-state index < -0.39 is 0 Å². The lowest BCUT2D eigenvalue weighted by Gasteiger charge is -2.47. The van der Waals surface area contributed by atoms with E-state index in [1.165, 1.54) is 42.4 Å². The van der Waals surface area contributed by atoms with Crippen LogP contribution in [0.1, 0.15) is 62.3 Å². The maximum absolute atomic E-state index is 3.68. The number of aryl methyl sites for hydroxylation is 1. The van der Waals surface area contributed by atoms with E-state index >= 15 is 0 Å². The summed E-state index contributed by atoms with van der Waals surface area (Å²) in [5, 5.41) is 3.68. The van der Waals surface area contributed by atoms with Crippen LogP contribution in [0.2, 0.25) is 0 Å². The Labute approximate surface area is 130 Å². The van der Waals surface area contributed by atoms with E-state index in [1.54, 1.807) is 0 Å². The molecule has 0 bridgehead atoms. The van der Waals surface area contributed by atoms with Crippen molar-refractivity contribution in [3.05, 3.63) is 34.9 Å². The smallest absolute Gasteiger partial charge is 0.0507 e. The monoisotopic (exact) mass is 288 g/mol. The number of nitrogens with one attached hydrogen (secondary N) is 1. The molecule has 2 rings (SSSR count). The highest BCUT2D eigenvalue weighted by Gasteiger charge is 2.45. The van der Waals surface area contributed by atoms with Crippen LogP contribution < -0.4 is 5.32 Å². The molecule has 0 radical (unpaired) electrons. The van der Waals surface area contributed by atoms with E-state index in [0.29, 0.717) is 6.04 Å². The Balaban J connectivity index is 2.48.